The lowest BCUT2D eigenvalue weighted by molar-refractivity contribution is 0.226. The van der Waals surface area contributed by atoms with Gasteiger partial charge in [0.15, 0.2) is 0 Å². The summed E-state index contributed by atoms with van der Waals surface area (Å²) in [5.41, 5.74) is 1.85. The molecule has 1 aromatic carbocycles. The van der Waals surface area contributed by atoms with E-state index in [2.05, 4.69) is 63.2 Å². The first kappa shape index (κ1) is 12.3. The molecular formula is C14H23N. The van der Waals surface area contributed by atoms with E-state index in [1.165, 1.54) is 18.4 Å². The van der Waals surface area contributed by atoms with Crippen LogP contribution < -0.4 is 0 Å². The van der Waals surface area contributed by atoms with Gasteiger partial charge in [0.25, 0.3) is 0 Å². The van der Waals surface area contributed by atoms with Crippen molar-refractivity contribution in [2.75, 3.05) is 20.6 Å². The van der Waals surface area contributed by atoms with Crippen LogP contribution >= 0.6 is 0 Å². The van der Waals surface area contributed by atoms with Gasteiger partial charge in [-0.05, 0) is 37.9 Å². The molecule has 0 aliphatic carbocycles. The summed E-state index contributed by atoms with van der Waals surface area (Å²) in [5.74, 6) is 0. The Morgan fingerprint density at radius 1 is 1.07 bits per heavy atom. The third kappa shape index (κ3) is 4.98. The maximum absolute atomic E-state index is 2.34. The third-order valence-corrected chi connectivity index (χ3v) is 2.68. The molecule has 1 nitrogen and oxygen atoms in total. The molecule has 84 valence electrons. The standard InChI is InChI=1S/C14H23N/c1-14(2,12-15(3)4)11-10-13-8-6-5-7-9-13/h5-9H,10-12H2,1-4H3. The van der Waals surface area contributed by atoms with E-state index in [-0.39, 0.29) is 0 Å². The normalized spacial score (nSPS) is 12.1. The lowest BCUT2D eigenvalue weighted by atomic mass is 9.86. The molecule has 0 fully saturated rings. The Bertz CT molecular complexity index is 275. The number of hydrogen-bond donors (Lipinski definition) is 0. The van der Waals surface area contributed by atoms with Crippen LogP contribution in [0.15, 0.2) is 30.3 Å². The molecule has 0 aromatic heterocycles. The van der Waals surface area contributed by atoms with Gasteiger partial charge in [0.05, 0.1) is 0 Å². The molecule has 0 aliphatic rings. The van der Waals surface area contributed by atoms with Crippen molar-refractivity contribution in [3.63, 3.8) is 0 Å². The zero-order valence-electron chi connectivity index (χ0n) is 10.5. The average Bonchev–Trinajstić information content (AvgIpc) is 2.15. The zero-order valence-corrected chi connectivity index (χ0v) is 10.5. The van der Waals surface area contributed by atoms with Crippen LogP contribution in [0.4, 0.5) is 0 Å². The molecule has 1 heteroatoms. The summed E-state index contributed by atoms with van der Waals surface area (Å²) in [4.78, 5) is 2.27. The van der Waals surface area contributed by atoms with E-state index >= 15 is 0 Å². The Labute approximate surface area is 94.1 Å². The van der Waals surface area contributed by atoms with Gasteiger partial charge in [-0.3, -0.25) is 0 Å². The van der Waals surface area contributed by atoms with Crippen LogP contribution in [0.25, 0.3) is 0 Å². The maximum atomic E-state index is 2.34. The second-order valence-corrected chi connectivity index (χ2v) is 5.39. The van der Waals surface area contributed by atoms with Crippen LogP contribution in [0.2, 0.25) is 0 Å². The highest BCUT2D eigenvalue weighted by Crippen LogP contribution is 2.23. The Morgan fingerprint density at radius 2 is 1.67 bits per heavy atom. The minimum absolute atomic E-state index is 0.402. The van der Waals surface area contributed by atoms with Crippen molar-refractivity contribution in [3.05, 3.63) is 35.9 Å². The van der Waals surface area contributed by atoms with E-state index in [1.54, 1.807) is 0 Å². The van der Waals surface area contributed by atoms with Crippen molar-refractivity contribution in [1.82, 2.24) is 4.90 Å². The Kier molecular flexibility index (Phi) is 4.34. The molecule has 1 aromatic rings. The maximum Gasteiger partial charge on any atom is 0.00267 e. The Hall–Kier alpha value is -0.820. The summed E-state index contributed by atoms with van der Waals surface area (Å²) in [5, 5.41) is 0. The molecule has 0 saturated heterocycles. The minimum atomic E-state index is 0.402. The first-order valence-electron chi connectivity index (χ1n) is 5.68. The van der Waals surface area contributed by atoms with Crippen LogP contribution in [0, 0.1) is 5.41 Å². The van der Waals surface area contributed by atoms with Gasteiger partial charge in [-0.25, -0.2) is 0 Å². The van der Waals surface area contributed by atoms with Crippen LogP contribution in [0.5, 0.6) is 0 Å². The summed E-state index contributed by atoms with van der Waals surface area (Å²) in [6, 6.07) is 10.7. The second kappa shape index (κ2) is 5.32. The monoisotopic (exact) mass is 205 g/mol. The fourth-order valence-corrected chi connectivity index (χ4v) is 2.06. The molecule has 0 unspecified atom stereocenters. The predicted molar refractivity (Wildman–Crippen MR) is 67.1 cm³/mol. The Morgan fingerprint density at radius 3 is 2.20 bits per heavy atom. The molecule has 0 aliphatic heterocycles. The van der Waals surface area contributed by atoms with Crippen molar-refractivity contribution >= 4 is 0 Å². The summed E-state index contributed by atoms with van der Waals surface area (Å²) < 4.78 is 0. The molecular weight excluding hydrogens is 182 g/mol. The van der Waals surface area contributed by atoms with Gasteiger partial charge in [0.1, 0.15) is 0 Å². The zero-order chi connectivity index (χ0) is 11.3. The van der Waals surface area contributed by atoms with Crippen molar-refractivity contribution in [1.29, 1.82) is 0 Å². The van der Waals surface area contributed by atoms with Crippen LogP contribution in [-0.2, 0) is 6.42 Å². The van der Waals surface area contributed by atoms with E-state index in [4.69, 9.17) is 0 Å². The summed E-state index contributed by atoms with van der Waals surface area (Å²) in [6.07, 6.45) is 2.43. The van der Waals surface area contributed by atoms with E-state index in [1.807, 2.05) is 0 Å². The molecule has 0 bridgehead atoms. The highest BCUT2D eigenvalue weighted by molar-refractivity contribution is 5.14. The first-order chi connectivity index (χ1) is 6.99. The third-order valence-electron chi connectivity index (χ3n) is 2.68. The summed E-state index contributed by atoms with van der Waals surface area (Å²) in [6.45, 7) is 5.84. The fourth-order valence-electron chi connectivity index (χ4n) is 2.06. The van der Waals surface area contributed by atoms with E-state index in [0.717, 1.165) is 6.54 Å². The lowest BCUT2D eigenvalue weighted by Crippen LogP contribution is -2.28. The smallest absolute Gasteiger partial charge is 0.00267 e. The topological polar surface area (TPSA) is 3.24 Å². The highest BCUT2D eigenvalue weighted by atomic mass is 15.1. The molecule has 0 heterocycles. The van der Waals surface area contributed by atoms with Crippen molar-refractivity contribution in [3.8, 4) is 0 Å². The molecule has 0 radical (unpaired) electrons. The van der Waals surface area contributed by atoms with E-state index in [9.17, 15) is 0 Å². The number of benzene rings is 1. The summed E-state index contributed by atoms with van der Waals surface area (Å²) >= 11 is 0. The van der Waals surface area contributed by atoms with E-state index < -0.39 is 0 Å². The van der Waals surface area contributed by atoms with Crippen LogP contribution in [0.1, 0.15) is 25.8 Å². The molecule has 0 atom stereocenters. The number of hydrogen-bond acceptors (Lipinski definition) is 1. The van der Waals surface area contributed by atoms with Gasteiger partial charge in [-0.15, -0.1) is 0 Å². The average molecular weight is 205 g/mol. The molecule has 0 N–H and O–H groups in total. The number of nitrogens with zero attached hydrogens (tertiary/aromatic N) is 1. The molecule has 15 heavy (non-hydrogen) atoms. The largest absolute Gasteiger partial charge is 0.309 e. The summed E-state index contributed by atoms with van der Waals surface area (Å²) in [7, 11) is 4.29. The SMILES string of the molecule is CN(C)CC(C)(C)CCc1ccccc1. The molecule has 0 saturated carbocycles. The van der Waals surface area contributed by atoms with Gasteiger partial charge in [0, 0.05) is 6.54 Å². The van der Waals surface area contributed by atoms with Crippen molar-refractivity contribution in [2.45, 2.75) is 26.7 Å². The lowest BCUT2D eigenvalue weighted by Gasteiger charge is -2.28. The van der Waals surface area contributed by atoms with Crippen molar-refractivity contribution < 1.29 is 0 Å². The van der Waals surface area contributed by atoms with Crippen LogP contribution in [-0.4, -0.2) is 25.5 Å². The highest BCUT2D eigenvalue weighted by Gasteiger charge is 2.18. The van der Waals surface area contributed by atoms with Gasteiger partial charge in [0.2, 0.25) is 0 Å². The van der Waals surface area contributed by atoms with Gasteiger partial charge in [-0.2, -0.15) is 0 Å². The number of rotatable bonds is 5. The minimum Gasteiger partial charge on any atom is -0.309 e. The molecule has 0 spiro atoms. The fraction of sp³-hybridized carbons (Fsp3) is 0.571. The van der Waals surface area contributed by atoms with Gasteiger partial charge < -0.3 is 4.90 Å². The van der Waals surface area contributed by atoms with Crippen molar-refractivity contribution in [2.24, 2.45) is 5.41 Å². The van der Waals surface area contributed by atoms with Gasteiger partial charge in [-0.1, -0.05) is 44.2 Å². The quantitative estimate of drug-likeness (QED) is 0.713. The second-order valence-electron chi connectivity index (χ2n) is 5.39. The molecule has 0 amide bonds. The van der Waals surface area contributed by atoms with Gasteiger partial charge >= 0.3 is 0 Å². The predicted octanol–water partition coefficient (Wildman–Crippen LogP) is 3.21. The Balaban J connectivity index is 2.42. The number of aryl methyl sites for hydroxylation is 1. The van der Waals surface area contributed by atoms with E-state index in [0.29, 0.717) is 5.41 Å². The van der Waals surface area contributed by atoms with Crippen LogP contribution in [0.3, 0.4) is 0 Å². The molecule has 1 rings (SSSR count). The first-order valence-corrected chi connectivity index (χ1v) is 5.68.